The van der Waals surface area contributed by atoms with Crippen molar-refractivity contribution in [3.63, 3.8) is 0 Å². The number of hydrazone groups is 1. The predicted octanol–water partition coefficient (Wildman–Crippen LogP) is 5.39. The second-order valence-electron chi connectivity index (χ2n) is 6.36. The van der Waals surface area contributed by atoms with Gasteiger partial charge in [-0.05, 0) is 49.4 Å². The van der Waals surface area contributed by atoms with E-state index in [-0.39, 0.29) is 12.4 Å². The molecule has 0 saturated heterocycles. The van der Waals surface area contributed by atoms with Crippen LogP contribution in [0.2, 0.25) is 5.02 Å². The Bertz CT molecular complexity index is 1130. The van der Waals surface area contributed by atoms with Gasteiger partial charge >= 0.3 is 0 Å². The highest BCUT2D eigenvalue weighted by atomic mass is 35.5. The quantitative estimate of drug-likeness (QED) is 0.258. The molecule has 0 aliphatic heterocycles. The van der Waals surface area contributed by atoms with Gasteiger partial charge < -0.3 is 14.6 Å². The number of ether oxygens (including phenoxy) is 2. The Morgan fingerprint density at radius 1 is 1.03 bits per heavy atom. The summed E-state index contributed by atoms with van der Waals surface area (Å²) in [6.45, 7) is 2.09. The van der Waals surface area contributed by atoms with E-state index in [9.17, 15) is 9.90 Å². The maximum atomic E-state index is 12.0. The molecule has 0 aliphatic rings. The molecule has 0 bridgehead atoms. The van der Waals surface area contributed by atoms with Crippen LogP contribution in [0, 0.1) is 0 Å². The highest BCUT2D eigenvalue weighted by Gasteiger charge is 2.07. The third-order valence-corrected chi connectivity index (χ3v) is 4.36. The van der Waals surface area contributed by atoms with E-state index >= 15 is 0 Å². The molecule has 8 nitrogen and oxygen atoms in total. The van der Waals surface area contributed by atoms with Crippen molar-refractivity contribution in [1.82, 2.24) is 5.43 Å². The first-order valence-electron chi connectivity index (χ1n) is 9.72. The van der Waals surface area contributed by atoms with Crippen molar-refractivity contribution in [2.75, 3.05) is 13.2 Å². The van der Waals surface area contributed by atoms with E-state index in [4.69, 9.17) is 21.1 Å². The number of hydrogen-bond donors (Lipinski definition) is 2. The van der Waals surface area contributed by atoms with Gasteiger partial charge in [-0.25, -0.2) is 5.43 Å². The van der Waals surface area contributed by atoms with Crippen LogP contribution < -0.4 is 14.9 Å². The van der Waals surface area contributed by atoms with Crippen molar-refractivity contribution in [2.45, 2.75) is 6.92 Å². The second kappa shape index (κ2) is 11.5. The predicted molar refractivity (Wildman–Crippen MR) is 123 cm³/mol. The van der Waals surface area contributed by atoms with Gasteiger partial charge in [0.25, 0.3) is 5.91 Å². The number of hydrogen-bond acceptors (Lipinski definition) is 7. The Morgan fingerprint density at radius 3 is 2.50 bits per heavy atom. The number of amides is 1. The number of carbonyl (C=O) groups excluding carboxylic acids is 1. The van der Waals surface area contributed by atoms with Crippen LogP contribution in [0.5, 0.6) is 17.2 Å². The Hall–Kier alpha value is -3.91. The van der Waals surface area contributed by atoms with Crippen LogP contribution in [-0.2, 0) is 4.79 Å². The van der Waals surface area contributed by atoms with Gasteiger partial charge in [0, 0.05) is 5.56 Å². The Labute approximate surface area is 190 Å². The summed E-state index contributed by atoms with van der Waals surface area (Å²) in [5.74, 6) is 0.518. The number of para-hydroxylation sites is 2. The summed E-state index contributed by atoms with van der Waals surface area (Å²) in [7, 11) is 0. The van der Waals surface area contributed by atoms with Gasteiger partial charge in [-0.15, -0.1) is 5.11 Å². The van der Waals surface area contributed by atoms with Crippen LogP contribution in [0.15, 0.2) is 82.1 Å². The summed E-state index contributed by atoms with van der Waals surface area (Å²) in [6.07, 6.45) is 1.30. The zero-order valence-corrected chi connectivity index (χ0v) is 18.0. The molecule has 0 spiro atoms. The molecule has 0 saturated carbocycles. The van der Waals surface area contributed by atoms with Gasteiger partial charge in [0.2, 0.25) is 0 Å². The summed E-state index contributed by atoms with van der Waals surface area (Å²) in [4.78, 5) is 12.0. The lowest BCUT2D eigenvalue weighted by Gasteiger charge is -2.10. The lowest BCUT2D eigenvalue weighted by Crippen LogP contribution is -2.24. The minimum absolute atomic E-state index is 0.0263. The van der Waals surface area contributed by atoms with Gasteiger partial charge in [-0.1, -0.05) is 35.9 Å². The maximum absolute atomic E-state index is 12.0. The van der Waals surface area contributed by atoms with E-state index in [1.807, 2.05) is 13.0 Å². The molecule has 3 aromatic rings. The molecule has 0 atom stereocenters. The van der Waals surface area contributed by atoms with Crippen LogP contribution in [-0.4, -0.2) is 30.4 Å². The van der Waals surface area contributed by atoms with Crippen LogP contribution >= 0.6 is 11.6 Å². The zero-order valence-electron chi connectivity index (χ0n) is 17.2. The van der Waals surface area contributed by atoms with Crippen LogP contribution in [0.4, 0.5) is 11.4 Å². The second-order valence-corrected chi connectivity index (χ2v) is 6.76. The van der Waals surface area contributed by atoms with E-state index in [0.717, 1.165) is 0 Å². The van der Waals surface area contributed by atoms with Gasteiger partial charge in [0.15, 0.2) is 18.1 Å². The fraction of sp³-hybridized carbons (Fsp3) is 0.130. The minimum Gasteiger partial charge on any atom is -0.507 e. The molecule has 32 heavy (non-hydrogen) atoms. The Morgan fingerprint density at radius 2 is 1.75 bits per heavy atom. The smallest absolute Gasteiger partial charge is 0.277 e. The molecule has 2 N–H and O–H groups in total. The third-order valence-electron chi connectivity index (χ3n) is 4.04. The van der Waals surface area contributed by atoms with Crippen molar-refractivity contribution >= 4 is 35.1 Å². The average Bonchev–Trinajstić information content (AvgIpc) is 2.80. The van der Waals surface area contributed by atoms with E-state index in [1.165, 1.54) is 12.3 Å². The fourth-order valence-electron chi connectivity index (χ4n) is 2.55. The van der Waals surface area contributed by atoms with Gasteiger partial charge in [0.1, 0.15) is 11.4 Å². The van der Waals surface area contributed by atoms with Crippen LogP contribution in [0.1, 0.15) is 12.5 Å². The number of halogens is 1. The number of carbonyl (C=O) groups is 1. The molecular formula is C23H21ClN4O4. The summed E-state index contributed by atoms with van der Waals surface area (Å²) in [5.41, 5.74) is 3.70. The van der Waals surface area contributed by atoms with Crippen LogP contribution in [0.25, 0.3) is 0 Å². The van der Waals surface area contributed by atoms with Crippen molar-refractivity contribution < 1.29 is 19.4 Å². The number of aromatic hydroxyl groups is 1. The topological polar surface area (TPSA) is 105 Å². The van der Waals surface area contributed by atoms with Gasteiger partial charge in [-0.2, -0.15) is 10.2 Å². The van der Waals surface area contributed by atoms with E-state index < -0.39 is 5.91 Å². The monoisotopic (exact) mass is 452 g/mol. The largest absolute Gasteiger partial charge is 0.507 e. The summed E-state index contributed by atoms with van der Waals surface area (Å²) >= 11 is 6.06. The fourth-order valence-corrected chi connectivity index (χ4v) is 2.72. The van der Waals surface area contributed by atoms with E-state index in [2.05, 4.69) is 20.8 Å². The van der Waals surface area contributed by atoms with Crippen molar-refractivity contribution in [3.8, 4) is 17.2 Å². The third kappa shape index (κ3) is 6.55. The number of phenols is 1. The molecule has 1 amide bonds. The van der Waals surface area contributed by atoms with Crippen molar-refractivity contribution in [3.05, 3.63) is 77.3 Å². The summed E-state index contributed by atoms with van der Waals surface area (Å²) in [6, 6.07) is 18.7. The zero-order chi connectivity index (χ0) is 22.8. The number of nitrogens with one attached hydrogen (secondary N) is 1. The maximum Gasteiger partial charge on any atom is 0.277 e. The van der Waals surface area contributed by atoms with E-state index in [0.29, 0.717) is 40.1 Å². The normalized spacial score (nSPS) is 11.1. The first-order chi connectivity index (χ1) is 15.6. The number of rotatable bonds is 9. The molecule has 9 heteroatoms. The summed E-state index contributed by atoms with van der Waals surface area (Å²) in [5, 5.41) is 22.6. The lowest BCUT2D eigenvalue weighted by atomic mass is 10.2. The summed E-state index contributed by atoms with van der Waals surface area (Å²) < 4.78 is 10.9. The standard InChI is InChI=1S/C23H21ClN4O4/c1-2-31-21-9-5-6-10-22(21)32-15-23(30)28-25-14-16-13-17(11-12-20(16)29)26-27-19-8-4-3-7-18(19)24/h3-14,29H,2,15H2,1H3,(H,28,30). The van der Waals surface area contributed by atoms with Gasteiger partial charge in [0.05, 0.1) is 23.5 Å². The molecule has 0 unspecified atom stereocenters. The molecule has 0 radical (unpaired) electrons. The first-order valence-corrected chi connectivity index (χ1v) is 10.1. The van der Waals surface area contributed by atoms with Crippen molar-refractivity contribution in [1.29, 1.82) is 0 Å². The molecule has 0 fully saturated rings. The Balaban J connectivity index is 1.58. The molecule has 0 aliphatic carbocycles. The SMILES string of the molecule is CCOc1ccccc1OCC(=O)NN=Cc1cc(N=Nc2ccccc2Cl)ccc1O. The van der Waals surface area contributed by atoms with Crippen molar-refractivity contribution in [2.24, 2.45) is 15.3 Å². The molecule has 0 aromatic heterocycles. The number of benzene rings is 3. The first kappa shape index (κ1) is 22.8. The highest BCUT2D eigenvalue weighted by Crippen LogP contribution is 2.28. The number of nitrogens with zero attached hydrogens (tertiary/aromatic N) is 3. The van der Waals surface area contributed by atoms with E-state index in [1.54, 1.807) is 54.6 Å². The van der Waals surface area contributed by atoms with Gasteiger partial charge in [-0.3, -0.25) is 4.79 Å². The molecular weight excluding hydrogens is 432 g/mol. The number of azo groups is 1. The molecule has 3 rings (SSSR count). The lowest BCUT2D eigenvalue weighted by molar-refractivity contribution is -0.123. The molecule has 164 valence electrons. The molecule has 3 aromatic carbocycles. The average molecular weight is 453 g/mol. The van der Waals surface area contributed by atoms with Crippen LogP contribution in [0.3, 0.4) is 0 Å². The highest BCUT2D eigenvalue weighted by molar-refractivity contribution is 6.32. The Kier molecular flexibility index (Phi) is 8.16. The number of phenolic OH excluding ortho intramolecular Hbond substituents is 1. The minimum atomic E-state index is -0.471. The molecule has 0 heterocycles.